The van der Waals surface area contributed by atoms with Crippen molar-refractivity contribution in [2.24, 2.45) is 0 Å². The lowest BCUT2D eigenvalue weighted by Gasteiger charge is -2.10. The second kappa shape index (κ2) is 7.15. The Morgan fingerprint density at radius 2 is 2.00 bits per heavy atom. The summed E-state index contributed by atoms with van der Waals surface area (Å²) in [7, 11) is 0. The molecule has 1 aromatic carbocycles. The summed E-state index contributed by atoms with van der Waals surface area (Å²) in [5.74, 6) is 3.09. The average Bonchev–Trinajstić information content (AvgIpc) is 3.14. The van der Waals surface area contributed by atoms with Crippen LogP contribution in [0.3, 0.4) is 0 Å². The zero-order chi connectivity index (χ0) is 16.1. The maximum Gasteiger partial charge on any atom is 0.116 e. The van der Waals surface area contributed by atoms with Crippen LogP contribution in [0.15, 0.2) is 58.9 Å². The van der Waals surface area contributed by atoms with Gasteiger partial charge in [-0.05, 0) is 17.5 Å². The molecule has 0 saturated carbocycles. The molecule has 0 amide bonds. The van der Waals surface area contributed by atoms with Gasteiger partial charge in [-0.15, -0.1) is 17.8 Å². The first-order valence-electron chi connectivity index (χ1n) is 6.94. The molecule has 2 heterocycles. The second-order valence-corrected chi connectivity index (χ2v) is 6.59. The smallest absolute Gasteiger partial charge is 0.116 e. The van der Waals surface area contributed by atoms with Gasteiger partial charge in [-0.25, -0.2) is 4.98 Å². The third-order valence-corrected chi connectivity index (χ3v) is 5.03. The van der Waals surface area contributed by atoms with Crippen molar-refractivity contribution < 1.29 is 0 Å². The van der Waals surface area contributed by atoms with Gasteiger partial charge in [0.05, 0.1) is 17.0 Å². The summed E-state index contributed by atoms with van der Waals surface area (Å²) in [4.78, 5) is 5.73. The predicted octanol–water partition coefficient (Wildman–Crippen LogP) is 5.07. The Hall–Kier alpha value is -2.53. The van der Waals surface area contributed by atoms with Crippen LogP contribution < -0.4 is 0 Å². The lowest BCUT2D eigenvalue weighted by atomic mass is 10.0. The summed E-state index contributed by atoms with van der Waals surface area (Å²) in [5.41, 5.74) is 3.38. The van der Waals surface area contributed by atoms with E-state index in [-0.39, 0.29) is 0 Å². The standard InChI is InChI=1S/C19H12N2S2/c1-2-10-23-19-16(13-20)15(18-9-6-11-22-18)12-17(21-19)14-7-4-3-5-8-14/h1,3-9,11-12H,10H2. The highest BCUT2D eigenvalue weighted by Gasteiger charge is 2.16. The quantitative estimate of drug-likeness (QED) is 0.494. The van der Waals surface area contributed by atoms with Gasteiger partial charge in [-0.2, -0.15) is 5.26 Å². The van der Waals surface area contributed by atoms with E-state index in [9.17, 15) is 5.26 Å². The van der Waals surface area contributed by atoms with Crippen LogP contribution in [0.4, 0.5) is 0 Å². The summed E-state index contributed by atoms with van der Waals surface area (Å²) < 4.78 is 0. The number of hydrogen-bond acceptors (Lipinski definition) is 4. The van der Waals surface area contributed by atoms with Crippen molar-refractivity contribution in [3.63, 3.8) is 0 Å². The number of rotatable bonds is 4. The number of hydrogen-bond donors (Lipinski definition) is 0. The maximum atomic E-state index is 9.61. The van der Waals surface area contributed by atoms with Gasteiger partial charge in [0.1, 0.15) is 11.1 Å². The van der Waals surface area contributed by atoms with Crippen LogP contribution in [0.25, 0.3) is 21.7 Å². The van der Waals surface area contributed by atoms with E-state index in [0.717, 1.165) is 21.7 Å². The third-order valence-electron chi connectivity index (χ3n) is 3.25. The Morgan fingerprint density at radius 3 is 2.65 bits per heavy atom. The summed E-state index contributed by atoms with van der Waals surface area (Å²) >= 11 is 3.04. The fourth-order valence-electron chi connectivity index (χ4n) is 2.23. The Morgan fingerprint density at radius 1 is 1.17 bits per heavy atom. The van der Waals surface area contributed by atoms with Gasteiger partial charge in [-0.3, -0.25) is 0 Å². The van der Waals surface area contributed by atoms with Gasteiger partial charge >= 0.3 is 0 Å². The van der Waals surface area contributed by atoms with Crippen LogP contribution >= 0.6 is 23.1 Å². The van der Waals surface area contributed by atoms with Crippen molar-refractivity contribution in [3.05, 3.63) is 59.5 Å². The molecule has 0 fully saturated rings. The number of pyridine rings is 1. The molecular weight excluding hydrogens is 320 g/mol. The number of benzene rings is 1. The fraction of sp³-hybridized carbons (Fsp3) is 0.0526. The Bertz CT molecular complexity index is 886. The first kappa shape index (κ1) is 15.4. The van der Waals surface area contributed by atoms with Crippen LogP contribution in [0.2, 0.25) is 0 Å². The zero-order valence-corrected chi connectivity index (χ0v) is 13.8. The summed E-state index contributed by atoms with van der Waals surface area (Å²) in [5, 5.41) is 12.3. The number of nitriles is 1. The first-order valence-corrected chi connectivity index (χ1v) is 8.80. The van der Waals surface area contributed by atoms with Gasteiger partial charge in [0.25, 0.3) is 0 Å². The minimum atomic E-state index is 0.490. The molecule has 0 aliphatic rings. The molecule has 0 radical (unpaired) electrons. The first-order chi connectivity index (χ1) is 11.3. The second-order valence-electron chi connectivity index (χ2n) is 4.68. The number of aromatic nitrogens is 1. The van der Waals surface area contributed by atoms with Gasteiger partial charge in [-0.1, -0.05) is 54.1 Å². The molecule has 0 saturated heterocycles. The molecule has 2 nitrogen and oxygen atoms in total. The zero-order valence-electron chi connectivity index (χ0n) is 12.2. The highest BCUT2D eigenvalue weighted by molar-refractivity contribution is 7.99. The highest BCUT2D eigenvalue weighted by Crippen LogP contribution is 2.35. The molecule has 3 rings (SSSR count). The molecule has 0 aliphatic heterocycles. The predicted molar refractivity (Wildman–Crippen MR) is 97.3 cm³/mol. The number of nitrogens with zero attached hydrogens (tertiary/aromatic N) is 2. The van der Waals surface area contributed by atoms with Crippen LogP contribution in [0.1, 0.15) is 5.56 Å². The molecule has 110 valence electrons. The minimum absolute atomic E-state index is 0.490. The molecule has 0 atom stereocenters. The molecule has 0 unspecified atom stereocenters. The SMILES string of the molecule is C#CCSc1nc(-c2ccccc2)cc(-c2cccs2)c1C#N. The maximum absolute atomic E-state index is 9.61. The lowest BCUT2D eigenvalue weighted by molar-refractivity contribution is 1.12. The monoisotopic (exact) mass is 332 g/mol. The van der Waals surface area contributed by atoms with Crippen LogP contribution in [0.5, 0.6) is 0 Å². The molecule has 0 N–H and O–H groups in total. The molecule has 0 bridgehead atoms. The normalized spacial score (nSPS) is 10.0. The number of thioether (sulfide) groups is 1. The van der Waals surface area contributed by atoms with Gasteiger partial charge in [0.15, 0.2) is 0 Å². The van der Waals surface area contributed by atoms with E-state index in [0.29, 0.717) is 16.3 Å². The topological polar surface area (TPSA) is 36.7 Å². The van der Waals surface area contributed by atoms with E-state index in [4.69, 9.17) is 6.42 Å². The molecular formula is C19H12N2S2. The number of terminal acetylenes is 1. The summed E-state index contributed by atoms with van der Waals surface area (Å²) in [6.07, 6.45) is 5.37. The van der Waals surface area contributed by atoms with Crippen LogP contribution in [0, 0.1) is 23.7 Å². The molecule has 0 aliphatic carbocycles. The lowest BCUT2D eigenvalue weighted by Crippen LogP contribution is -1.95. The Kier molecular flexibility index (Phi) is 4.78. The summed E-state index contributed by atoms with van der Waals surface area (Å²) in [6, 6.07) is 18.3. The molecule has 23 heavy (non-hydrogen) atoms. The van der Waals surface area contributed by atoms with Crippen molar-refractivity contribution in [2.75, 3.05) is 5.75 Å². The Labute approximate surface area is 143 Å². The molecule has 3 aromatic rings. The van der Waals surface area contributed by atoms with E-state index in [1.54, 1.807) is 11.3 Å². The molecule has 4 heteroatoms. The fourth-order valence-corrected chi connectivity index (χ4v) is 3.66. The molecule has 0 spiro atoms. The van der Waals surface area contributed by atoms with Crippen molar-refractivity contribution in [3.8, 4) is 40.1 Å². The molecule has 2 aromatic heterocycles. The van der Waals surface area contributed by atoms with E-state index in [2.05, 4.69) is 17.0 Å². The van der Waals surface area contributed by atoms with Crippen molar-refractivity contribution in [1.82, 2.24) is 4.98 Å². The largest absolute Gasteiger partial charge is 0.240 e. The highest BCUT2D eigenvalue weighted by atomic mass is 32.2. The Balaban J connectivity index is 2.21. The van der Waals surface area contributed by atoms with Gasteiger partial charge in [0, 0.05) is 16.0 Å². The minimum Gasteiger partial charge on any atom is -0.240 e. The third kappa shape index (κ3) is 3.29. The van der Waals surface area contributed by atoms with Crippen LogP contribution in [-0.2, 0) is 0 Å². The van der Waals surface area contributed by atoms with Crippen LogP contribution in [-0.4, -0.2) is 10.7 Å². The van der Waals surface area contributed by atoms with Crippen molar-refractivity contribution in [2.45, 2.75) is 5.03 Å². The van der Waals surface area contributed by atoms with Gasteiger partial charge < -0.3 is 0 Å². The van der Waals surface area contributed by atoms with E-state index < -0.39 is 0 Å². The van der Waals surface area contributed by atoms with E-state index in [1.165, 1.54) is 11.8 Å². The van der Waals surface area contributed by atoms with Crippen molar-refractivity contribution in [1.29, 1.82) is 5.26 Å². The van der Waals surface area contributed by atoms with Gasteiger partial charge in [0.2, 0.25) is 0 Å². The summed E-state index contributed by atoms with van der Waals surface area (Å²) in [6.45, 7) is 0. The van der Waals surface area contributed by atoms with Crippen molar-refractivity contribution >= 4 is 23.1 Å². The van der Waals surface area contributed by atoms with E-state index in [1.807, 2.05) is 53.9 Å². The number of thiophene rings is 1. The van der Waals surface area contributed by atoms with E-state index >= 15 is 0 Å². The average molecular weight is 332 g/mol.